The molecule has 0 bridgehead atoms. The highest BCUT2D eigenvalue weighted by Crippen LogP contribution is 2.24. The van der Waals surface area contributed by atoms with Gasteiger partial charge in [-0.2, -0.15) is 5.53 Å². The summed E-state index contributed by atoms with van der Waals surface area (Å²) >= 11 is 6.17. The number of nitrogens with two attached hydrogens (primary N) is 1. The van der Waals surface area contributed by atoms with Gasteiger partial charge in [0.05, 0.1) is 5.71 Å². The highest BCUT2D eigenvalue weighted by atomic mass is 35.5. The van der Waals surface area contributed by atoms with Crippen LogP contribution in [0, 0.1) is 0 Å². The fraction of sp³-hybridized carbons (Fsp3) is 0.222. The number of hydrazine groups is 2. The van der Waals surface area contributed by atoms with Gasteiger partial charge in [-0.3, -0.25) is 15.6 Å². The Morgan fingerprint density at radius 1 is 1.27 bits per heavy atom. The van der Waals surface area contributed by atoms with Gasteiger partial charge in [-0.25, -0.2) is 0 Å². The molecule has 0 saturated carbocycles. The first-order chi connectivity index (χ1) is 12.5. The van der Waals surface area contributed by atoms with Crippen molar-refractivity contribution in [2.75, 3.05) is 19.4 Å². The lowest BCUT2D eigenvalue weighted by Gasteiger charge is -2.10. The van der Waals surface area contributed by atoms with Crippen LogP contribution in [0.1, 0.15) is 18.1 Å². The van der Waals surface area contributed by atoms with Gasteiger partial charge in [-0.1, -0.05) is 53.2 Å². The van der Waals surface area contributed by atoms with E-state index in [4.69, 9.17) is 22.3 Å². The summed E-state index contributed by atoms with van der Waals surface area (Å²) in [4.78, 5) is 14.9. The number of carbonyl (C=O) groups is 1. The monoisotopic (exact) mass is 377 g/mol. The van der Waals surface area contributed by atoms with E-state index in [1.54, 1.807) is 0 Å². The Morgan fingerprint density at radius 2 is 1.96 bits per heavy atom. The number of hydrogen-bond donors (Lipinski definition) is 3. The molecule has 8 heteroatoms. The molecule has 0 atom stereocenters. The van der Waals surface area contributed by atoms with Crippen molar-refractivity contribution >= 4 is 29.4 Å². The van der Waals surface area contributed by atoms with Crippen molar-refractivity contribution in [1.82, 2.24) is 10.5 Å². The van der Waals surface area contributed by atoms with Crippen LogP contribution in [0.4, 0.5) is 5.69 Å². The third kappa shape index (κ3) is 7.10. The van der Waals surface area contributed by atoms with Crippen LogP contribution in [-0.4, -0.2) is 31.2 Å². The van der Waals surface area contributed by atoms with Crippen LogP contribution in [0.2, 0.25) is 5.02 Å². The summed E-state index contributed by atoms with van der Waals surface area (Å²) < 4.78 is 0. The minimum absolute atomic E-state index is 0.333. The molecule has 4 N–H and O–H groups in total. The molecule has 2 aromatic rings. The number of nitrogens with zero attached hydrogens (tertiary/aromatic N) is 2. The molecule has 0 radical (unpaired) electrons. The smallest absolute Gasteiger partial charge is 0.224 e. The van der Waals surface area contributed by atoms with Gasteiger partial charge in [-0.05, 0) is 24.6 Å². The van der Waals surface area contributed by atoms with Crippen LogP contribution in [0.15, 0.2) is 53.7 Å². The van der Waals surface area contributed by atoms with Crippen molar-refractivity contribution in [3.05, 3.63) is 64.7 Å². The highest BCUT2D eigenvalue weighted by molar-refractivity contribution is 6.31. The zero-order valence-corrected chi connectivity index (χ0v) is 15.8. The Bertz CT molecular complexity index is 710. The summed E-state index contributed by atoms with van der Waals surface area (Å²) in [6.07, 6.45) is 0.569. The Morgan fingerprint density at radius 3 is 2.50 bits per heavy atom. The number of hydrogen-bond acceptors (Lipinski definition) is 6. The van der Waals surface area contributed by atoms with Crippen LogP contribution < -0.4 is 16.7 Å². The lowest BCUT2D eigenvalue weighted by atomic mass is 10.1. The molecule has 0 aliphatic carbocycles. The normalized spacial score (nSPS) is 10.4. The van der Waals surface area contributed by atoms with Gasteiger partial charge in [0.1, 0.15) is 6.61 Å². The maximum atomic E-state index is 9.52. The largest absolute Gasteiger partial charge is 0.391 e. The number of oxime groups is 1. The van der Waals surface area contributed by atoms with E-state index in [0.717, 1.165) is 27.5 Å². The predicted octanol–water partition coefficient (Wildman–Crippen LogP) is 2.78. The maximum absolute atomic E-state index is 9.52. The maximum Gasteiger partial charge on any atom is 0.224 e. The number of nitrogens with one attached hydrogen (secondary N) is 2. The van der Waals surface area contributed by atoms with Crippen molar-refractivity contribution in [2.24, 2.45) is 11.0 Å². The molecule has 0 unspecified atom stereocenters. The first-order valence-electron chi connectivity index (χ1n) is 7.85. The summed E-state index contributed by atoms with van der Waals surface area (Å²) in [6.45, 7) is 2.25. The molecule has 140 valence electrons. The second-order valence-electron chi connectivity index (χ2n) is 5.18. The Labute approximate surface area is 158 Å². The minimum atomic E-state index is 0.333. The predicted molar refractivity (Wildman–Crippen MR) is 106 cm³/mol. The average Bonchev–Trinajstić information content (AvgIpc) is 2.69. The number of anilines is 1. The molecule has 0 spiro atoms. The van der Waals surface area contributed by atoms with E-state index < -0.39 is 0 Å². The van der Waals surface area contributed by atoms with Crippen molar-refractivity contribution in [3.63, 3.8) is 0 Å². The number of benzene rings is 2. The molecule has 0 fully saturated rings. The van der Waals surface area contributed by atoms with Gasteiger partial charge in [0.15, 0.2) is 0 Å². The highest BCUT2D eigenvalue weighted by Gasteiger charge is 2.06. The molecule has 0 aliphatic rings. The lowest BCUT2D eigenvalue weighted by Crippen LogP contribution is -2.38. The molecule has 7 nitrogen and oxygen atoms in total. The zero-order valence-electron chi connectivity index (χ0n) is 15.1. The van der Waals surface area contributed by atoms with Gasteiger partial charge >= 0.3 is 0 Å². The van der Waals surface area contributed by atoms with Gasteiger partial charge in [0.25, 0.3) is 0 Å². The minimum Gasteiger partial charge on any atom is -0.391 e. The molecule has 2 aromatic carbocycles. The lowest BCUT2D eigenvalue weighted by molar-refractivity contribution is -0.119. The van der Waals surface area contributed by atoms with E-state index in [0.29, 0.717) is 18.0 Å². The van der Waals surface area contributed by atoms with E-state index in [1.807, 2.05) is 62.5 Å². The fourth-order valence-corrected chi connectivity index (χ4v) is 2.12. The van der Waals surface area contributed by atoms with Crippen LogP contribution in [0.25, 0.3) is 0 Å². The van der Waals surface area contributed by atoms with E-state index >= 15 is 0 Å². The standard InChI is InChI=1S/C16H17ClN2O.C2H7N3O/c1-12(13-7-4-3-5-8-13)19-20-11-14-15(17)9-6-10-16(14)18-2;1-5(2-6)4-3/h3-10,18H,11H2,1-2H3;2,4H,3H2,1H3. The van der Waals surface area contributed by atoms with Gasteiger partial charge in [0.2, 0.25) is 6.41 Å². The summed E-state index contributed by atoms with van der Waals surface area (Å²) in [7, 11) is 3.36. The van der Waals surface area contributed by atoms with Crippen LogP contribution >= 0.6 is 11.6 Å². The van der Waals surface area contributed by atoms with E-state index in [9.17, 15) is 4.79 Å². The Balaban J connectivity index is 0.000000487. The number of rotatable bonds is 7. The molecule has 1 amide bonds. The van der Waals surface area contributed by atoms with Crippen molar-refractivity contribution in [2.45, 2.75) is 13.5 Å². The van der Waals surface area contributed by atoms with Crippen LogP contribution in [-0.2, 0) is 16.2 Å². The second-order valence-corrected chi connectivity index (χ2v) is 5.58. The van der Waals surface area contributed by atoms with E-state index in [1.165, 1.54) is 7.05 Å². The second kappa shape index (κ2) is 11.9. The molecule has 0 heterocycles. The number of amides is 1. The summed E-state index contributed by atoms with van der Waals surface area (Å²) in [5.41, 5.74) is 5.81. The third-order valence-corrected chi connectivity index (χ3v) is 3.71. The summed E-state index contributed by atoms with van der Waals surface area (Å²) in [5, 5.41) is 9.00. The molecule has 0 aromatic heterocycles. The van der Waals surface area contributed by atoms with Crippen LogP contribution in [0.3, 0.4) is 0 Å². The van der Waals surface area contributed by atoms with E-state index in [-0.39, 0.29) is 0 Å². The van der Waals surface area contributed by atoms with E-state index in [2.05, 4.69) is 16.0 Å². The number of halogens is 1. The summed E-state index contributed by atoms with van der Waals surface area (Å²) in [6, 6.07) is 15.6. The van der Waals surface area contributed by atoms with Gasteiger partial charge in [-0.15, -0.1) is 0 Å². The van der Waals surface area contributed by atoms with Crippen molar-refractivity contribution in [1.29, 1.82) is 0 Å². The van der Waals surface area contributed by atoms with Gasteiger partial charge < -0.3 is 10.2 Å². The SMILES string of the molecule is CN(C=O)NN.CNc1cccc(Cl)c1CON=C(C)c1ccccc1. The molecular weight excluding hydrogens is 354 g/mol. The topological polar surface area (TPSA) is 92.0 Å². The molecule has 0 aliphatic heterocycles. The quantitative estimate of drug-likeness (QED) is 0.298. The van der Waals surface area contributed by atoms with Crippen molar-refractivity contribution < 1.29 is 9.63 Å². The molecule has 26 heavy (non-hydrogen) atoms. The molecular formula is C18H24ClN5O2. The average molecular weight is 378 g/mol. The Hall–Kier alpha value is -2.61. The van der Waals surface area contributed by atoms with Crippen LogP contribution in [0.5, 0.6) is 0 Å². The third-order valence-electron chi connectivity index (χ3n) is 3.35. The van der Waals surface area contributed by atoms with Gasteiger partial charge in [0, 0.05) is 30.4 Å². The molecule has 2 rings (SSSR count). The Kier molecular flexibility index (Phi) is 9.78. The first kappa shape index (κ1) is 21.4. The zero-order chi connectivity index (χ0) is 19.4. The van der Waals surface area contributed by atoms with Crippen molar-refractivity contribution in [3.8, 4) is 0 Å². The molecule has 0 saturated heterocycles. The summed E-state index contributed by atoms with van der Waals surface area (Å²) in [5.74, 6) is 4.73. The number of carbonyl (C=O) groups excluding carboxylic acids is 1. The fourth-order valence-electron chi connectivity index (χ4n) is 1.90. The first-order valence-corrected chi connectivity index (χ1v) is 8.22.